The Balaban J connectivity index is 2.67. The average Bonchev–Trinajstić information content (AvgIpc) is 2.29. The van der Waals surface area contributed by atoms with Crippen LogP contribution in [0.5, 0.6) is 5.75 Å². The van der Waals surface area contributed by atoms with Crippen molar-refractivity contribution in [2.45, 2.75) is 33.1 Å². The standard InChI is InChI=1S/C15H19FN2O/c1-5-19-13-6-9-11(17)8-14(15(2,3)4)18-12(9)7-10(13)16/h6-8H,5H2,1-4H3,(H2,17,18). The molecule has 1 aromatic heterocycles. The lowest BCUT2D eigenvalue weighted by Crippen LogP contribution is -2.14. The van der Waals surface area contributed by atoms with Crippen LogP contribution in [0.4, 0.5) is 10.1 Å². The highest BCUT2D eigenvalue weighted by atomic mass is 19.1. The zero-order valence-electron chi connectivity index (χ0n) is 11.7. The van der Waals surface area contributed by atoms with E-state index in [1.165, 1.54) is 6.07 Å². The quantitative estimate of drug-likeness (QED) is 0.898. The van der Waals surface area contributed by atoms with Crippen molar-refractivity contribution in [3.05, 3.63) is 29.7 Å². The minimum absolute atomic E-state index is 0.128. The van der Waals surface area contributed by atoms with Crippen LogP contribution in [0.1, 0.15) is 33.4 Å². The SMILES string of the molecule is CCOc1cc2c(N)cc(C(C)(C)C)nc2cc1F. The van der Waals surface area contributed by atoms with Crippen molar-refractivity contribution < 1.29 is 9.13 Å². The normalized spacial score (nSPS) is 11.8. The Morgan fingerprint density at radius 1 is 1.26 bits per heavy atom. The van der Waals surface area contributed by atoms with Crippen molar-refractivity contribution in [2.24, 2.45) is 0 Å². The van der Waals surface area contributed by atoms with Crippen LogP contribution >= 0.6 is 0 Å². The lowest BCUT2D eigenvalue weighted by Gasteiger charge is -2.19. The van der Waals surface area contributed by atoms with Gasteiger partial charge in [0, 0.05) is 28.2 Å². The van der Waals surface area contributed by atoms with Crippen LogP contribution in [0, 0.1) is 5.82 Å². The third-order valence-electron chi connectivity index (χ3n) is 2.96. The molecule has 0 amide bonds. The molecule has 0 radical (unpaired) electrons. The smallest absolute Gasteiger partial charge is 0.167 e. The number of anilines is 1. The number of aromatic nitrogens is 1. The third-order valence-corrected chi connectivity index (χ3v) is 2.96. The summed E-state index contributed by atoms with van der Waals surface area (Å²) in [6.45, 7) is 8.37. The van der Waals surface area contributed by atoms with E-state index in [2.05, 4.69) is 4.98 Å². The molecule has 0 spiro atoms. The van der Waals surface area contributed by atoms with Gasteiger partial charge in [0.05, 0.1) is 12.1 Å². The molecule has 0 fully saturated rings. The summed E-state index contributed by atoms with van der Waals surface area (Å²) in [6.07, 6.45) is 0. The number of hydrogen-bond donors (Lipinski definition) is 1. The highest BCUT2D eigenvalue weighted by Gasteiger charge is 2.18. The summed E-state index contributed by atoms with van der Waals surface area (Å²) in [5.74, 6) is -0.195. The van der Waals surface area contributed by atoms with E-state index in [1.807, 2.05) is 33.8 Å². The molecule has 0 atom stereocenters. The number of nitrogens with zero attached hydrogens (tertiary/aromatic N) is 1. The van der Waals surface area contributed by atoms with Crippen LogP contribution in [0.3, 0.4) is 0 Å². The van der Waals surface area contributed by atoms with Gasteiger partial charge in [-0.05, 0) is 19.1 Å². The van der Waals surface area contributed by atoms with Gasteiger partial charge in [-0.25, -0.2) is 4.39 Å². The van der Waals surface area contributed by atoms with E-state index in [4.69, 9.17) is 10.5 Å². The maximum atomic E-state index is 13.9. The number of pyridine rings is 1. The third kappa shape index (κ3) is 2.62. The molecule has 2 N–H and O–H groups in total. The van der Waals surface area contributed by atoms with E-state index >= 15 is 0 Å². The maximum Gasteiger partial charge on any atom is 0.167 e. The maximum absolute atomic E-state index is 13.9. The molecule has 0 aliphatic rings. The highest BCUT2D eigenvalue weighted by Crippen LogP contribution is 2.31. The van der Waals surface area contributed by atoms with E-state index in [0.29, 0.717) is 17.8 Å². The van der Waals surface area contributed by atoms with Crippen molar-refractivity contribution in [1.29, 1.82) is 0 Å². The van der Waals surface area contributed by atoms with E-state index in [9.17, 15) is 4.39 Å². The molecule has 1 aromatic carbocycles. The molecule has 4 heteroatoms. The van der Waals surface area contributed by atoms with Crippen LogP contribution in [-0.4, -0.2) is 11.6 Å². The molecule has 0 unspecified atom stereocenters. The Kier molecular flexibility index (Phi) is 3.35. The van der Waals surface area contributed by atoms with Gasteiger partial charge in [0.15, 0.2) is 11.6 Å². The van der Waals surface area contributed by atoms with Crippen LogP contribution < -0.4 is 10.5 Å². The fourth-order valence-electron chi connectivity index (χ4n) is 1.90. The average molecular weight is 262 g/mol. The number of ether oxygens (including phenoxy) is 1. The fourth-order valence-corrected chi connectivity index (χ4v) is 1.90. The number of rotatable bonds is 2. The number of benzene rings is 1. The van der Waals surface area contributed by atoms with Gasteiger partial charge in [-0.3, -0.25) is 4.98 Å². The fraction of sp³-hybridized carbons (Fsp3) is 0.400. The molecule has 102 valence electrons. The van der Waals surface area contributed by atoms with E-state index in [-0.39, 0.29) is 11.2 Å². The molecule has 3 nitrogen and oxygen atoms in total. The first-order valence-corrected chi connectivity index (χ1v) is 6.36. The van der Waals surface area contributed by atoms with Gasteiger partial charge in [0.1, 0.15) is 0 Å². The van der Waals surface area contributed by atoms with Gasteiger partial charge >= 0.3 is 0 Å². The van der Waals surface area contributed by atoms with Gasteiger partial charge in [-0.1, -0.05) is 20.8 Å². The summed E-state index contributed by atoms with van der Waals surface area (Å²) in [5.41, 5.74) is 7.93. The predicted molar refractivity (Wildman–Crippen MR) is 76.0 cm³/mol. The second-order valence-corrected chi connectivity index (χ2v) is 5.58. The van der Waals surface area contributed by atoms with Gasteiger partial charge in [0.2, 0.25) is 0 Å². The summed E-state index contributed by atoms with van der Waals surface area (Å²) in [4.78, 5) is 4.49. The second-order valence-electron chi connectivity index (χ2n) is 5.58. The first kappa shape index (κ1) is 13.6. The lowest BCUT2D eigenvalue weighted by molar-refractivity contribution is 0.322. The lowest BCUT2D eigenvalue weighted by atomic mass is 9.91. The second kappa shape index (κ2) is 4.68. The van der Waals surface area contributed by atoms with Crippen molar-refractivity contribution in [3.63, 3.8) is 0 Å². The summed E-state index contributed by atoms with van der Waals surface area (Å²) >= 11 is 0. The Hall–Kier alpha value is -1.84. The Morgan fingerprint density at radius 2 is 1.95 bits per heavy atom. The zero-order chi connectivity index (χ0) is 14.2. The molecule has 0 aliphatic heterocycles. The minimum Gasteiger partial charge on any atom is -0.491 e. The summed E-state index contributed by atoms with van der Waals surface area (Å²) in [5, 5.41) is 0.720. The van der Waals surface area contributed by atoms with Crippen LogP contribution in [-0.2, 0) is 5.41 Å². The van der Waals surface area contributed by atoms with Gasteiger partial charge in [0.25, 0.3) is 0 Å². The zero-order valence-corrected chi connectivity index (χ0v) is 11.7. The van der Waals surface area contributed by atoms with Crippen LogP contribution in [0.15, 0.2) is 18.2 Å². The first-order chi connectivity index (χ1) is 8.82. The molecule has 0 aliphatic carbocycles. The predicted octanol–water partition coefficient (Wildman–Crippen LogP) is 3.65. The molecule has 0 bridgehead atoms. The molecule has 0 saturated heterocycles. The number of hydrogen-bond acceptors (Lipinski definition) is 3. The molecular weight excluding hydrogens is 243 g/mol. The summed E-state index contributed by atoms with van der Waals surface area (Å²) in [6, 6.07) is 4.84. The van der Waals surface area contributed by atoms with Gasteiger partial charge in [-0.2, -0.15) is 0 Å². The monoisotopic (exact) mass is 262 g/mol. The van der Waals surface area contributed by atoms with Crippen molar-refractivity contribution >= 4 is 16.6 Å². The summed E-state index contributed by atoms with van der Waals surface area (Å²) < 4.78 is 19.1. The van der Waals surface area contributed by atoms with Crippen molar-refractivity contribution in [3.8, 4) is 5.75 Å². The molecule has 2 rings (SSSR count). The van der Waals surface area contributed by atoms with Crippen LogP contribution in [0.2, 0.25) is 0 Å². The van der Waals surface area contributed by atoms with E-state index in [1.54, 1.807) is 6.07 Å². The largest absolute Gasteiger partial charge is 0.491 e. The van der Waals surface area contributed by atoms with E-state index in [0.717, 1.165) is 11.1 Å². The number of fused-ring (bicyclic) bond motifs is 1. The first-order valence-electron chi connectivity index (χ1n) is 6.36. The molecule has 0 saturated carbocycles. The van der Waals surface area contributed by atoms with E-state index < -0.39 is 5.82 Å². The minimum atomic E-state index is -0.410. The van der Waals surface area contributed by atoms with Gasteiger partial charge in [-0.15, -0.1) is 0 Å². The van der Waals surface area contributed by atoms with Gasteiger partial charge < -0.3 is 10.5 Å². The Labute approximate surface area is 112 Å². The molecule has 19 heavy (non-hydrogen) atoms. The molecule has 1 heterocycles. The van der Waals surface area contributed by atoms with Crippen LogP contribution in [0.25, 0.3) is 10.9 Å². The Morgan fingerprint density at radius 3 is 2.53 bits per heavy atom. The molecule has 2 aromatic rings. The number of halogens is 1. The highest BCUT2D eigenvalue weighted by molar-refractivity contribution is 5.91. The summed E-state index contributed by atoms with van der Waals surface area (Å²) in [7, 11) is 0. The van der Waals surface area contributed by atoms with Crippen molar-refractivity contribution in [2.75, 3.05) is 12.3 Å². The topological polar surface area (TPSA) is 48.1 Å². The molecular formula is C15H19FN2O. The number of nitrogen functional groups attached to an aromatic ring is 1. The van der Waals surface area contributed by atoms with Crippen molar-refractivity contribution in [1.82, 2.24) is 4.98 Å². The number of nitrogens with two attached hydrogens (primary N) is 1. The Bertz CT molecular complexity index is 618.